The molecule has 21 heteroatoms. The summed E-state index contributed by atoms with van der Waals surface area (Å²) >= 11 is 0. The minimum Gasteiger partial charge on any atom is -0.387 e. The third-order valence-corrected chi connectivity index (χ3v) is 11.1. The van der Waals surface area contributed by atoms with Crippen LogP contribution in [0.1, 0.15) is 109 Å². The first-order valence-corrected chi connectivity index (χ1v) is 20.5. The Hall–Kier alpha value is -2.85. The third-order valence-electron chi connectivity index (χ3n) is 9.65. The van der Waals surface area contributed by atoms with Gasteiger partial charge < -0.3 is 29.9 Å². The van der Waals surface area contributed by atoms with Crippen molar-refractivity contribution in [2.24, 2.45) is 0 Å². The van der Waals surface area contributed by atoms with Gasteiger partial charge in [-0.25, -0.2) is 14.2 Å². The van der Waals surface area contributed by atoms with E-state index < -0.39 is 81.5 Å². The van der Waals surface area contributed by atoms with Crippen molar-refractivity contribution in [1.29, 1.82) is 0 Å². The number of ether oxygens (including phenoxy) is 2. The van der Waals surface area contributed by atoms with E-state index in [2.05, 4.69) is 16.9 Å². The standard InChI is InChI=1S/C34H57N6O14P/c1-2-3-4-5-6-7-8-9-10-11-12-13-14-15-20-50-55(49,51-21-23-27(41)29(43)31(53-23)39-18-16-25(37-47)35-33(39)45)52-22-24-28(42)30(44)32(54-24)40-19-17-26(38-48)36-34(40)46/h16-19,23-24,27-32,41-44,47-48H,2-15,20-22H2,1H3,(H,35,37,45)(H,36,38,46). The summed E-state index contributed by atoms with van der Waals surface area (Å²) in [6.45, 7) is 0.925. The second kappa shape index (κ2) is 22.8. The zero-order valence-electron chi connectivity index (χ0n) is 31.1. The van der Waals surface area contributed by atoms with Crippen LogP contribution in [0, 0.1) is 0 Å². The zero-order valence-corrected chi connectivity index (χ0v) is 32.0. The van der Waals surface area contributed by atoms with Crippen LogP contribution in [0.3, 0.4) is 0 Å². The maximum atomic E-state index is 13.9. The van der Waals surface area contributed by atoms with Crippen LogP contribution < -0.4 is 22.3 Å². The highest BCUT2D eigenvalue weighted by Crippen LogP contribution is 2.51. The number of nitrogens with zero attached hydrogens (tertiary/aromatic N) is 4. The molecule has 0 amide bonds. The van der Waals surface area contributed by atoms with E-state index in [1.54, 1.807) is 11.0 Å². The van der Waals surface area contributed by atoms with Crippen LogP contribution in [0.5, 0.6) is 0 Å². The van der Waals surface area contributed by atoms with Crippen LogP contribution in [0.4, 0.5) is 11.6 Å². The van der Waals surface area contributed by atoms with Gasteiger partial charge in [-0.2, -0.15) is 9.97 Å². The topological polar surface area (TPSA) is 278 Å². The number of rotatable bonds is 26. The summed E-state index contributed by atoms with van der Waals surface area (Å²) in [4.78, 5) is 32.0. The number of unbranched alkanes of at least 4 members (excludes halogenated alkanes) is 13. The van der Waals surface area contributed by atoms with E-state index in [1.807, 2.05) is 0 Å². The molecule has 0 bridgehead atoms. The van der Waals surface area contributed by atoms with Crippen molar-refractivity contribution in [1.82, 2.24) is 19.1 Å². The third kappa shape index (κ3) is 13.1. The predicted octanol–water partition coefficient (Wildman–Crippen LogP) is 2.98. The first-order valence-electron chi connectivity index (χ1n) is 19.1. The lowest BCUT2D eigenvalue weighted by atomic mass is 10.0. The molecule has 2 fully saturated rings. The number of hydrogen-bond acceptors (Lipinski definition) is 18. The Morgan fingerprint density at radius 1 is 0.636 bits per heavy atom. The van der Waals surface area contributed by atoms with Gasteiger partial charge in [-0.05, 0) is 18.6 Å². The second-order valence-electron chi connectivity index (χ2n) is 13.8. The Bertz CT molecular complexity index is 1510. The fourth-order valence-electron chi connectivity index (χ4n) is 6.44. The van der Waals surface area contributed by atoms with Gasteiger partial charge in [-0.15, -0.1) is 0 Å². The first-order chi connectivity index (χ1) is 26.5. The molecule has 20 nitrogen and oxygen atoms in total. The Morgan fingerprint density at radius 2 is 1.02 bits per heavy atom. The molecule has 312 valence electrons. The molecule has 0 saturated carbocycles. The van der Waals surface area contributed by atoms with E-state index in [1.165, 1.54) is 82.3 Å². The lowest BCUT2D eigenvalue weighted by Gasteiger charge is -2.23. The highest BCUT2D eigenvalue weighted by molar-refractivity contribution is 7.48. The van der Waals surface area contributed by atoms with Crippen LogP contribution in [0.2, 0.25) is 0 Å². The molecule has 0 aromatic carbocycles. The van der Waals surface area contributed by atoms with Crippen LogP contribution in [-0.2, 0) is 27.6 Å². The van der Waals surface area contributed by atoms with Gasteiger partial charge in [0.2, 0.25) is 0 Å². The van der Waals surface area contributed by atoms with Crippen LogP contribution >= 0.6 is 7.82 Å². The number of aromatic nitrogens is 4. The summed E-state index contributed by atoms with van der Waals surface area (Å²) in [7, 11) is -4.51. The molecule has 0 spiro atoms. The molecule has 2 aliphatic heterocycles. The predicted molar refractivity (Wildman–Crippen MR) is 195 cm³/mol. The van der Waals surface area contributed by atoms with Gasteiger partial charge in [-0.3, -0.25) is 44.1 Å². The summed E-state index contributed by atoms with van der Waals surface area (Å²) in [6.07, 6.45) is 6.35. The van der Waals surface area contributed by atoms with Crippen molar-refractivity contribution in [2.75, 3.05) is 30.8 Å². The van der Waals surface area contributed by atoms with E-state index in [0.29, 0.717) is 6.42 Å². The average molecular weight is 805 g/mol. The molecule has 0 radical (unpaired) electrons. The minimum atomic E-state index is -4.51. The molecule has 8 atom stereocenters. The zero-order chi connectivity index (χ0) is 39.8. The molecule has 2 aliphatic rings. The van der Waals surface area contributed by atoms with Crippen molar-refractivity contribution in [3.8, 4) is 0 Å². The molecule has 4 heterocycles. The summed E-state index contributed by atoms with van der Waals surface area (Å²) in [5.41, 5.74) is 1.65. The van der Waals surface area contributed by atoms with Gasteiger partial charge in [0.05, 0.1) is 19.8 Å². The lowest BCUT2D eigenvalue weighted by Crippen LogP contribution is -2.36. The van der Waals surface area contributed by atoms with Gasteiger partial charge >= 0.3 is 19.2 Å². The summed E-state index contributed by atoms with van der Waals surface area (Å²) in [5.74, 6) is -0.307. The van der Waals surface area contributed by atoms with E-state index in [9.17, 15) is 34.6 Å². The second-order valence-corrected chi connectivity index (χ2v) is 15.5. The summed E-state index contributed by atoms with van der Waals surface area (Å²) in [5, 5.41) is 60.7. The van der Waals surface area contributed by atoms with Gasteiger partial charge in [-0.1, -0.05) is 90.4 Å². The molecular weight excluding hydrogens is 747 g/mol. The molecular formula is C34H57N6O14P. The number of aliphatic hydroxyl groups excluding tert-OH is 4. The van der Waals surface area contributed by atoms with Crippen molar-refractivity contribution in [3.63, 3.8) is 0 Å². The number of phosphoric ester groups is 1. The number of phosphoric acid groups is 1. The van der Waals surface area contributed by atoms with Crippen molar-refractivity contribution in [3.05, 3.63) is 45.5 Å². The van der Waals surface area contributed by atoms with E-state index >= 15 is 0 Å². The minimum absolute atomic E-state index is 0.0351. The van der Waals surface area contributed by atoms with Crippen molar-refractivity contribution < 1.29 is 58.5 Å². The first kappa shape index (κ1) is 44.9. The Kier molecular flexibility index (Phi) is 18.6. The fourth-order valence-corrected chi connectivity index (χ4v) is 7.68. The van der Waals surface area contributed by atoms with Crippen LogP contribution in [0.15, 0.2) is 34.1 Å². The molecule has 2 aromatic heterocycles. The maximum absolute atomic E-state index is 13.9. The summed E-state index contributed by atoms with van der Waals surface area (Å²) in [6, 6.07) is 2.46. The van der Waals surface area contributed by atoms with Gasteiger partial charge in [0, 0.05) is 12.4 Å². The van der Waals surface area contributed by atoms with Gasteiger partial charge in [0.1, 0.15) is 36.6 Å². The number of aliphatic hydroxyl groups is 4. The molecule has 8 N–H and O–H groups in total. The smallest absolute Gasteiger partial charge is 0.387 e. The van der Waals surface area contributed by atoms with E-state index in [4.69, 9.17) is 33.5 Å². The van der Waals surface area contributed by atoms with Crippen LogP contribution in [0.25, 0.3) is 0 Å². The van der Waals surface area contributed by atoms with Crippen molar-refractivity contribution in [2.45, 2.75) is 146 Å². The van der Waals surface area contributed by atoms with Gasteiger partial charge in [0.15, 0.2) is 24.1 Å². The average Bonchev–Trinajstić information content (AvgIpc) is 3.63. The van der Waals surface area contributed by atoms with E-state index in [-0.39, 0.29) is 18.2 Å². The fraction of sp³-hybridized carbons (Fsp3) is 0.765. The van der Waals surface area contributed by atoms with E-state index in [0.717, 1.165) is 34.8 Å². The number of hydrogen-bond donors (Lipinski definition) is 8. The molecule has 4 rings (SSSR count). The molecule has 0 aliphatic carbocycles. The lowest BCUT2D eigenvalue weighted by molar-refractivity contribution is -0.0660. The van der Waals surface area contributed by atoms with Crippen LogP contribution in [-0.4, -0.2) is 106 Å². The number of nitrogens with one attached hydrogen (secondary N) is 2. The largest absolute Gasteiger partial charge is 0.474 e. The monoisotopic (exact) mass is 804 g/mol. The number of anilines is 2. The summed E-state index contributed by atoms with van der Waals surface area (Å²) < 4.78 is 43.8. The SMILES string of the molecule is CCCCCCCCCCCCCCCCOP(=O)(OCC1OC(n2ccc(NO)nc2=O)C(O)C1O)OCC1OC(n2ccc(NO)nc2=O)C(O)C1O. The Balaban J connectivity index is 1.30. The highest BCUT2D eigenvalue weighted by atomic mass is 31.2. The molecule has 2 saturated heterocycles. The molecule has 2 aromatic rings. The quantitative estimate of drug-likeness (QED) is 0.0385. The van der Waals surface area contributed by atoms with Gasteiger partial charge in [0.25, 0.3) is 0 Å². The molecule has 55 heavy (non-hydrogen) atoms. The van der Waals surface area contributed by atoms with Crippen molar-refractivity contribution >= 4 is 19.5 Å². The Labute approximate surface area is 318 Å². The highest BCUT2D eigenvalue weighted by Gasteiger charge is 2.47. The molecule has 8 unspecified atom stereocenters. The normalized spacial score (nSPS) is 26.3. The Morgan fingerprint density at radius 3 is 1.38 bits per heavy atom. The maximum Gasteiger partial charge on any atom is 0.474 e.